The third-order valence-electron chi connectivity index (χ3n) is 2.50. The fourth-order valence-electron chi connectivity index (χ4n) is 1.67. The zero-order valence-corrected chi connectivity index (χ0v) is 9.67. The first-order valence-corrected chi connectivity index (χ1v) is 5.54. The summed E-state index contributed by atoms with van der Waals surface area (Å²) in [4.78, 5) is 15.7. The second-order valence-electron chi connectivity index (χ2n) is 3.87. The Kier molecular flexibility index (Phi) is 2.72. The van der Waals surface area contributed by atoms with Gasteiger partial charge in [0, 0.05) is 0 Å². The van der Waals surface area contributed by atoms with Gasteiger partial charge in [-0.1, -0.05) is 12.1 Å². The van der Waals surface area contributed by atoms with Gasteiger partial charge in [0.2, 0.25) is 0 Å². The van der Waals surface area contributed by atoms with Crippen LogP contribution in [0.4, 0.5) is 4.39 Å². The van der Waals surface area contributed by atoms with E-state index in [4.69, 9.17) is 9.15 Å². The molecule has 5 heteroatoms. The van der Waals surface area contributed by atoms with Gasteiger partial charge in [-0.25, -0.2) is 14.2 Å². The average Bonchev–Trinajstić information content (AvgIpc) is 3.00. The van der Waals surface area contributed by atoms with Gasteiger partial charge >= 0.3 is 5.97 Å². The second kappa shape index (κ2) is 4.53. The minimum Gasteiger partial charge on any atom is -0.459 e. The predicted molar refractivity (Wildman–Crippen MR) is 65.7 cm³/mol. The smallest absolute Gasteiger partial charge is 0.363 e. The van der Waals surface area contributed by atoms with E-state index in [1.54, 1.807) is 24.3 Å². The number of hydrogen-bond donors (Lipinski definition) is 0. The molecule has 1 aliphatic heterocycles. The highest BCUT2D eigenvalue weighted by Gasteiger charge is 2.25. The highest BCUT2D eigenvalue weighted by Crippen LogP contribution is 2.19. The Balaban J connectivity index is 1.95. The van der Waals surface area contributed by atoms with Crippen LogP contribution in [0, 0.1) is 5.82 Å². The Hall–Kier alpha value is -2.69. The first-order chi connectivity index (χ1) is 9.22. The van der Waals surface area contributed by atoms with Crippen molar-refractivity contribution in [2.75, 3.05) is 0 Å². The van der Waals surface area contributed by atoms with Crippen LogP contribution in [-0.2, 0) is 9.53 Å². The van der Waals surface area contributed by atoms with Crippen LogP contribution in [0.25, 0.3) is 6.08 Å². The zero-order valence-electron chi connectivity index (χ0n) is 9.67. The summed E-state index contributed by atoms with van der Waals surface area (Å²) >= 11 is 0. The van der Waals surface area contributed by atoms with Gasteiger partial charge in [-0.2, -0.15) is 0 Å². The van der Waals surface area contributed by atoms with Crippen molar-refractivity contribution in [3.8, 4) is 0 Å². The summed E-state index contributed by atoms with van der Waals surface area (Å²) in [5.41, 5.74) is 0.647. The van der Waals surface area contributed by atoms with E-state index in [0.717, 1.165) is 0 Å². The molecule has 2 aromatic rings. The minimum absolute atomic E-state index is 0.108. The maximum absolute atomic E-state index is 13.0. The highest BCUT2D eigenvalue weighted by molar-refractivity contribution is 6.11. The first-order valence-electron chi connectivity index (χ1n) is 5.54. The molecule has 94 valence electrons. The first kappa shape index (κ1) is 11.4. The molecule has 1 aromatic heterocycles. The summed E-state index contributed by atoms with van der Waals surface area (Å²) in [6.07, 6.45) is 2.92. The van der Waals surface area contributed by atoms with Crippen molar-refractivity contribution in [2.45, 2.75) is 0 Å². The van der Waals surface area contributed by atoms with Crippen LogP contribution >= 0.6 is 0 Å². The van der Waals surface area contributed by atoms with Gasteiger partial charge in [-0.15, -0.1) is 0 Å². The largest absolute Gasteiger partial charge is 0.459 e. The molecule has 3 rings (SSSR count). The molecular weight excluding hydrogens is 249 g/mol. The van der Waals surface area contributed by atoms with Gasteiger partial charge in [-0.3, -0.25) is 0 Å². The van der Waals surface area contributed by atoms with Crippen molar-refractivity contribution in [3.63, 3.8) is 0 Å². The number of halogens is 1. The van der Waals surface area contributed by atoms with Gasteiger partial charge in [0.1, 0.15) is 5.82 Å². The molecule has 1 aliphatic rings. The summed E-state index contributed by atoms with van der Waals surface area (Å²) in [6.45, 7) is 0. The van der Waals surface area contributed by atoms with Gasteiger partial charge in [-0.05, 0) is 35.9 Å². The lowest BCUT2D eigenvalue weighted by Gasteiger charge is -1.94. The Labute approximate surface area is 107 Å². The molecule has 1 aromatic carbocycles. The molecule has 0 fully saturated rings. The van der Waals surface area contributed by atoms with Crippen molar-refractivity contribution in [3.05, 3.63) is 65.5 Å². The molecule has 0 spiro atoms. The molecule has 0 saturated heterocycles. The van der Waals surface area contributed by atoms with Crippen LogP contribution in [0.2, 0.25) is 0 Å². The van der Waals surface area contributed by atoms with Crippen molar-refractivity contribution in [1.29, 1.82) is 0 Å². The zero-order chi connectivity index (χ0) is 13.2. The van der Waals surface area contributed by atoms with Crippen LogP contribution in [0.5, 0.6) is 0 Å². The number of esters is 1. The molecule has 0 aliphatic carbocycles. The Morgan fingerprint density at radius 3 is 2.84 bits per heavy atom. The predicted octanol–water partition coefficient (Wildman–Crippen LogP) is 2.76. The lowest BCUT2D eigenvalue weighted by molar-refractivity contribution is -0.130. The van der Waals surface area contributed by atoms with E-state index in [-0.39, 0.29) is 17.4 Å². The Morgan fingerprint density at radius 1 is 1.21 bits per heavy atom. The number of carbonyl (C=O) groups is 1. The Morgan fingerprint density at radius 2 is 2.11 bits per heavy atom. The third kappa shape index (κ3) is 2.30. The molecule has 4 nitrogen and oxygen atoms in total. The van der Waals surface area contributed by atoms with E-state index in [9.17, 15) is 9.18 Å². The van der Waals surface area contributed by atoms with Crippen LogP contribution in [0.15, 0.2) is 57.8 Å². The average molecular weight is 257 g/mol. The molecule has 19 heavy (non-hydrogen) atoms. The lowest BCUT2D eigenvalue weighted by Crippen LogP contribution is -2.04. The number of carbonyl (C=O) groups excluding carboxylic acids is 1. The number of hydrogen-bond acceptors (Lipinski definition) is 4. The van der Waals surface area contributed by atoms with E-state index in [1.165, 1.54) is 24.5 Å². The van der Waals surface area contributed by atoms with Gasteiger partial charge in [0.15, 0.2) is 11.5 Å². The molecule has 0 saturated carbocycles. The topological polar surface area (TPSA) is 51.8 Å². The summed E-state index contributed by atoms with van der Waals surface area (Å²) in [5.74, 6) is -0.486. The van der Waals surface area contributed by atoms with Gasteiger partial charge < -0.3 is 9.15 Å². The number of aliphatic imine (C=N–C) groups is 1. The van der Waals surface area contributed by atoms with Gasteiger partial charge in [0.25, 0.3) is 5.90 Å². The second-order valence-corrected chi connectivity index (χ2v) is 3.87. The summed E-state index contributed by atoms with van der Waals surface area (Å²) in [5, 5.41) is 0. The lowest BCUT2D eigenvalue weighted by atomic mass is 10.2. The maximum Gasteiger partial charge on any atom is 0.363 e. The Bertz CT molecular complexity index is 686. The number of benzene rings is 1. The fraction of sp³-hybridized carbons (Fsp3) is 0. The summed E-state index contributed by atoms with van der Waals surface area (Å²) < 4.78 is 23.1. The number of ether oxygens (including phenoxy) is 1. The molecule has 0 bridgehead atoms. The normalized spacial score (nSPS) is 16.6. The molecule has 2 heterocycles. The SMILES string of the molecule is O=C1OC(c2ccco2)=NC1=Cc1cccc(F)c1. The fourth-order valence-corrected chi connectivity index (χ4v) is 1.67. The molecule has 0 unspecified atom stereocenters. The van der Waals surface area contributed by atoms with Crippen molar-refractivity contribution in [1.82, 2.24) is 0 Å². The number of cyclic esters (lactones) is 1. The minimum atomic E-state index is -0.587. The third-order valence-corrected chi connectivity index (χ3v) is 2.50. The monoisotopic (exact) mass is 257 g/mol. The van der Waals surface area contributed by atoms with E-state index >= 15 is 0 Å². The van der Waals surface area contributed by atoms with E-state index in [2.05, 4.69) is 4.99 Å². The molecular formula is C14H8FNO3. The summed E-state index contributed by atoms with van der Waals surface area (Å²) in [7, 11) is 0. The summed E-state index contributed by atoms with van der Waals surface area (Å²) in [6, 6.07) is 9.16. The van der Waals surface area contributed by atoms with Crippen molar-refractivity contribution in [2.24, 2.45) is 4.99 Å². The van der Waals surface area contributed by atoms with Crippen LogP contribution in [-0.4, -0.2) is 11.9 Å². The number of nitrogens with zero attached hydrogens (tertiary/aromatic N) is 1. The highest BCUT2D eigenvalue weighted by atomic mass is 19.1. The van der Waals surface area contributed by atoms with Crippen molar-refractivity contribution >= 4 is 17.9 Å². The van der Waals surface area contributed by atoms with Gasteiger partial charge in [0.05, 0.1) is 6.26 Å². The quantitative estimate of drug-likeness (QED) is 0.614. The number of rotatable bonds is 2. The molecule has 0 amide bonds. The molecule has 0 atom stereocenters. The van der Waals surface area contributed by atoms with Crippen LogP contribution in [0.3, 0.4) is 0 Å². The van der Waals surface area contributed by atoms with Crippen LogP contribution in [0.1, 0.15) is 11.3 Å². The standard InChI is InChI=1S/C14H8FNO3/c15-10-4-1-3-9(7-10)8-11-14(17)19-13(16-11)12-5-2-6-18-12/h1-8H. The van der Waals surface area contributed by atoms with Crippen molar-refractivity contribution < 1.29 is 18.3 Å². The maximum atomic E-state index is 13.0. The number of furan rings is 1. The van der Waals surface area contributed by atoms with E-state index in [1.807, 2.05) is 0 Å². The van der Waals surface area contributed by atoms with E-state index < -0.39 is 5.97 Å². The van der Waals surface area contributed by atoms with Crippen LogP contribution < -0.4 is 0 Å². The molecule has 0 N–H and O–H groups in total. The molecule has 0 radical (unpaired) electrons. The van der Waals surface area contributed by atoms with E-state index in [0.29, 0.717) is 11.3 Å².